The van der Waals surface area contributed by atoms with Crippen LogP contribution in [-0.2, 0) is 6.54 Å². The van der Waals surface area contributed by atoms with Gasteiger partial charge in [-0.3, -0.25) is 4.98 Å². The number of hydrogen-bond donors (Lipinski definition) is 1. The Morgan fingerprint density at radius 1 is 0.950 bits per heavy atom. The maximum atomic E-state index is 5.80. The number of hydrogen-bond acceptors (Lipinski definition) is 4. The number of piperazine rings is 1. The van der Waals surface area contributed by atoms with Crippen molar-refractivity contribution in [2.75, 3.05) is 36.0 Å². The number of benzene rings is 1. The molecule has 1 aromatic carbocycles. The average Bonchev–Trinajstić information content (AvgIpc) is 2.56. The van der Waals surface area contributed by atoms with Crippen molar-refractivity contribution in [2.45, 2.75) is 6.54 Å². The second-order valence-corrected chi connectivity index (χ2v) is 5.02. The van der Waals surface area contributed by atoms with Crippen molar-refractivity contribution >= 4 is 11.4 Å². The molecule has 4 heteroatoms. The molecule has 0 amide bonds. The largest absolute Gasteiger partial charge is 0.368 e. The zero-order valence-corrected chi connectivity index (χ0v) is 11.6. The fraction of sp³-hybridized carbons (Fsp3) is 0.312. The first-order chi connectivity index (χ1) is 9.88. The summed E-state index contributed by atoms with van der Waals surface area (Å²) in [6, 6.07) is 12.7. The van der Waals surface area contributed by atoms with Crippen LogP contribution in [0, 0.1) is 0 Å². The first kappa shape index (κ1) is 12.9. The monoisotopic (exact) mass is 268 g/mol. The van der Waals surface area contributed by atoms with E-state index in [2.05, 4.69) is 51.2 Å². The van der Waals surface area contributed by atoms with E-state index < -0.39 is 0 Å². The summed E-state index contributed by atoms with van der Waals surface area (Å²) in [5, 5.41) is 0. The molecule has 0 aliphatic carbocycles. The lowest BCUT2D eigenvalue weighted by Gasteiger charge is -2.38. The van der Waals surface area contributed by atoms with Crippen LogP contribution in [0.2, 0.25) is 0 Å². The molecule has 1 aromatic heterocycles. The highest BCUT2D eigenvalue weighted by molar-refractivity contribution is 5.55. The predicted octanol–water partition coefficient (Wildman–Crippen LogP) is 1.87. The fourth-order valence-corrected chi connectivity index (χ4v) is 2.73. The Bertz CT molecular complexity index is 547. The van der Waals surface area contributed by atoms with Crippen LogP contribution in [0.3, 0.4) is 0 Å². The van der Waals surface area contributed by atoms with Crippen LogP contribution in [0.25, 0.3) is 0 Å². The van der Waals surface area contributed by atoms with Crippen molar-refractivity contribution in [3.8, 4) is 0 Å². The topological polar surface area (TPSA) is 45.4 Å². The molecule has 0 atom stereocenters. The zero-order valence-electron chi connectivity index (χ0n) is 11.6. The Balaban J connectivity index is 1.70. The van der Waals surface area contributed by atoms with Gasteiger partial charge in [-0.2, -0.15) is 0 Å². The minimum absolute atomic E-state index is 0.544. The van der Waals surface area contributed by atoms with Crippen molar-refractivity contribution in [1.82, 2.24) is 4.98 Å². The van der Waals surface area contributed by atoms with Gasteiger partial charge in [0, 0.05) is 62.1 Å². The minimum Gasteiger partial charge on any atom is -0.368 e. The number of rotatable bonds is 3. The van der Waals surface area contributed by atoms with E-state index in [1.165, 1.54) is 11.4 Å². The van der Waals surface area contributed by atoms with Crippen LogP contribution in [0.5, 0.6) is 0 Å². The summed E-state index contributed by atoms with van der Waals surface area (Å²) in [4.78, 5) is 8.99. The van der Waals surface area contributed by atoms with E-state index in [9.17, 15) is 0 Å². The van der Waals surface area contributed by atoms with E-state index in [0.29, 0.717) is 6.54 Å². The average molecular weight is 268 g/mol. The third kappa shape index (κ3) is 2.60. The van der Waals surface area contributed by atoms with E-state index in [-0.39, 0.29) is 0 Å². The molecule has 1 saturated heterocycles. The molecule has 2 N–H and O–H groups in total. The van der Waals surface area contributed by atoms with Gasteiger partial charge in [0.05, 0.1) is 0 Å². The van der Waals surface area contributed by atoms with E-state index in [0.717, 1.165) is 31.7 Å². The Morgan fingerprint density at radius 3 is 2.35 bits per heavy atom. The van der Waals surface area contributed by atoms with Gasteiger partial charge in [0.2, 0.25) is 0 Å². The van der Waals surface area contributed by atoms with Gasteiger partial charge >= 0.3 is 0 Å². The van der Waals surface area contributed by atoms with Crippen LogP contribution in [-0.4, -0.2) is 31.2 Å². The van der Waals surface area contributed by atoms with Gasteiger partial charge < -0.3 is 15.5 Å². The zero-order chi connectivity index (χ0) is 13.8. The molecule has 1 fully saturated rings. The van der Waals surface area contributed by atoms with Gasteiger partial charge in [-0.15, -0.1) is 0 Å². The number of anilines is 2. The molecule has 0 saturated carbocycles. The Kier molecular flexibility index (Phi) is 3.83. The lowest BCUT2D eigenvalue weighted by Crippen LogP contribution is -2.46. The molecule has 4 nitrogen and oxygen atoms in total. The van der Waals surface area contributed by atoms with E-state index >= 15 is 0 Å². The molecular weight excluding hydrogens is 248 g/mol. The van der Waals surface area contributed by atoms with Crippen molar-refractivity contribution in [2.24, 2.45) is 5.73 Å². The predicted molar refractivity (Wildman–Crippen MR) is 83.0 cm³/mol. The summed E-state index contributed by atoms with van der Waals surface area (Å²) >= 11 is 0. The third-order valence-corrected chi connectivity index (χ3v) is 3.84. The molecule has 104 valence electrons. The van der Waals surface area contributed by atoms with Crippen molar-refractivity contribution in [1.29, 1.82) is 0 Å². The normalized spacial score (nSPS) is 15.4. The van der Waals surface area contributed by atoms with Gasteiger partial charge in [0.25, 0.3) is 0 Å². The van der Waals surface area contributed by atoms with Gasteiger partial charge in [-0.25, -0.2) is 0 Å². The highest BCUT2D eigenvalue weighted by Gasteiger charge is 2.18. The number of nitrogens with zero attached hydrogens (tertiary/aromatic N) is 3. The second kappa shape index (κ2) is 5.92. The van der Waals surface area contributed by atoms with Gasteiger partial charge in [-0.1, -0.05) is 18.2 Å². The summed E-state index contributed by atoms with van der Waals surface area (Å²) in [5.74, 6) is 0. The van der Waals surface area contributed by atoms with Crippen LogP contribution >= 0.6 is 0 Å². The highest BCUT2D eigenvalue weighted by Crippen LogP contribution is 2.22. The summed E-state index contributed by atoms with van der Waals surface area (Å²) < 4.78 is 0. The summed E-state index contributed by atoms with van der Waals surface area (Å²) in [6.07, 6.45) is 3.72. The lowest BCUT2D eigenvalue weighted by molar-refractivity contribution is 0.651. The van der Waals surface area contributed by atoms with E-state index in [1.807, 2.05) is 12.4 Å². The smallest absolute Gasteiger partial charge is 0.0443 e. The molecule has 0 spiro atoms. The Hall–Kier alpha value is -2.07. The van der Waals surface area contributed by atoms with E-state index in [1.54, 1.807) is 0 Å². The SMILES string of the molecule is NCc1cnccc1N1CCN(c2ccccc2)CC1. The first-order valence-corrected chi connectivity index (χ1v) is 7.06. The van der Waals surface area contributed by atoms with Gasteiger partial charge in [0.15, 0.2) is 0 Å². The summed E-state index contributed by atoms with van der Waals surface area (Å²) in [6.45, 7) is 4.66. The quantitative estimate of drug-likeness (QED) is 0.923. The first-order valence-electron chi connectivity index (χ1n) is 7.06. The molecule has 0 bridgehead atoms. The van der Waals surface area contributed by atoms with Gasteiger partial charge in [0.1, 0.15) is 0 Å². The van der Waals surface area contributed by atoms with E-state index in [4.69, 9.17) is 5.73 Å². The van der Waals surface area contributed by atoms with Crippen LogP contribution in [0.4, 0.5) is 11.4 Å². The Labute approximate surface area is 119 Å². The van der Waals surface area contributed by atoms with Crippen LogP contribution in [0.15, 0.2) is 48.8 Å². The standard InChI is InChI=1S/C16H20N4/c17-12-14-13-18-7-6-16(14)20-10-8-19(9-11-20)15-4-2-1-3-5-15/h1-7,13H,8-12,17H2. The van der Waals surface area contributed by atoms with Crippen LogP contribution in [0.1, 0.15) is 5.56 Å². The number of para-hydroxylation sites is 1. The van der Waals surface area contributed by atoms with Gasteiger partial charge in [-0.05, 0) is 18.2 Å². The highest BCUT2D eigenvalue weighted by atomic mass is 15.3. The van der Waals surface area contributed by atoms with Crippen molar-refractivity contribution in [3.63, 3.8) is 0 Å². The molecule has 2 heterocycles. The molecule has 20 heavy (non-hydrogen) atoms. The molecular formula is C16H20N4. The number of pyridine rings is 1. The summed E-state index contributed by atoms with van der Waals surface area (Å²) in [7, 11) is 0. The molecule has 3 rings (SSSR count). The lowest BCUT2D eigenvalue weighted by atomic mass is 10.2. The minimum atomic E-state index is 0.544. The number of nitrogens with two attached hydrogens (primary N) is 1. The molecule has 0 radical (unpaired) electrons. The summed E-state index contributed by atoms with van der Waals surface area (Å²) in [5.41, 5.74) is 9.46. The third-order valence-electron chi connectivity index (χ3n) is 3.84. The maximum Gasteiger partial charge on any atom is 0.0443 e. The van der Waals surface area contributed by atoms with Crippen molar-refractivity contribution in [3.05, 3.63) is 54.4 Å². The molecule has 0 unspecified atom stereocenters. The maximum absolute atomic E-state index is 5.80. The Morgan fingerprint density at radius 2 is 1.65 bits per heavy atom. The van der Waals surface area contributed by atoms with Crippen LogP contribution < -0.4 is 15.5 Å². The van der Waals surface area contributed by atoms with Crippen molar-refractivity contribution < 1.29 is 0 Å². The number of aromatic nitrogens is 1. The molecule has 2 aromatic rings. The second-order valence-electron chi connectivity index (χ2n) is 5.02. The molecule has 1 aliphatic heterocycles. The molecule has 1 aliphatic rings. The fourth-order valence-electron chi connectivity index (χ4n) is 2.73.